The van der Waals surface area contributed by atoms with Crippen molar-refractivity contribution in [1.29, 1.82) is 0 Å². The minimum Gasteiger partial charge on any atom is -0.462 e. The number of quaternary nitrogens is 1. The fraction of sp³-hybridized carbons (Fsp3) is 0.811. The summed E-state index contributed by atoms with van der Waals surface area (Å²) >= 11 is 0. The number of rotatable bonds is 66. The summed E-state index contributed by atoms with van der Waals surface area (Å²) < 4.78 is 34.8. The summed E-state index contributed by atoms with van der Waals surface area (Å²) in [5.41, 5.74) is 0. The highest BCUT2D eigenvalue weighted by Gasteiger charge is 2.27. The van der Waals surface area contributed by atoms with Crippen molar-refractivity contribution in [3.8, 4) is 0 Å². The monoisotopic (exact) mass is 1200 g/mol. The van der Waals surface area contributed by atoms with Crippen molar-refractivity contribution in [3.05, 3.63) is 72.9 Å². The predicted octanol–water partition coefficient (Wildman–Crippen LogP) is 23.2. The van der Waals surface area contributed by atoms with E-state index in [-0.39, 0.29) is 25.6 Å². The molecule has 0 saturated heterocycles. The summed E-state index contributed by atoms with van der Waals surface area (Å²) in [5, 5.41) is 0. The van der Waals surface area contributed by atoms with Crippen LogP contribution in [-0.2, 0) is 32.7 Å². The van der Waals surface area contributed by atoms with Crippen molar-refractivity contribution in [1.82, 2.24) is 0 Å². The van der Waals surface area contributed by atoms with Crippen LogP contribution in [0.25, 0.3) is 0 Å². The number of carbonyl (C=O) groups excluding carboxylic acids is 2. The summed E-state index contributed by atoms with van der Waals surface area (Å²) in [4.78, 5) is 35.9. The fourth-order valence-electron chi connectivity index (χ4n) is 10.3. The lowest BCUT2D eigenvalue weighted by molar-refractivity contribution is -0.870. The molecule has 0 rings (SSSR count). The van der Waals surface area contributed by atoms with E-state index in [2.05, 4.69) is 86.8 Å². The van der Waals surface area contributed by atoms with Crippen LogP contribution in [0, 0.1) is 0 Å². The molecule has 0 aromatic carbocycles. The zero-order chi connectivity index (χ0) is 61.2. The molecule has 9 nitrogen and oxygen atoms in total. The number of nitrogens with zero attached hydrogens (tertiary/aromatic N) is 1. The van der Waals surface area contributed by atoms with E-state index in [1.54, 1.807) is 0 Å². The first-order valence-corrected chi connectivity index (χ1v) is 37.2. The van der Waals surface area contributed by atoms with E-state index < -0.39 is 26.5 Å². The lowest BCUT2D eigenvalue weighted by Crippen LogP contribution is -2.37. The summed E-state index contributed by atoms with van der Waals surface area (Å²) in [7, 11) is 1.49. The van der Waals surface area contributed by atoms with Gasteiger partial charge in [0.25, 0.3) is 0 Å². The third kappa shape index (κ3) is 68.6. The van der Waals surface area contributed by atoms with Gasteiger partial charge >= 0.3 is 19.8 Å². The minimum absolute atomic E-state index is 0.0321. The van der Waals surface area contributed by atoms with Gasteiger partial charge in [-0.3, -0.25) is 18.6 Å². The van der Waals surface area contributed by atoms with E-state index in [0.29, 0.717) is 23.9 Å². The lowest BCUT2D eigenvalue weighted by atomic mass is 10.0. The van der Waals surface area contributed by atoms with Gasteiger partial charge in [0, 0.05) is 12.8 Å². The van der Waals surface area contributed by atoms with Crippen LogP contribution in [-0.4, -0.2) is 74.9 Å². The van der Waals surface area contributed by atoms with Crippen molar-refractivity contribution in [2.75, 3.05) is 47.5 Å². The summed E-state index contributed by atoms with van der Waals surface area (Å²) in [5.74, 6) is -0.782. The van der Waals surface area contributed by atoms with E-state index >= 15 is 0 Å². The summed E-state index contributed by atoms with van der Waals surface area (Å²) in [6.45, 7) is 4.36. The molecule has 2 atom stereocenters. The highest BCUT2D eigenvalue weighted by Crippen LogP contribution is 2.43. The molecule has 0 spiro atoms. The number of ether oxygens (including phenoxy) is 2. The molecule has 0 aromatic heterocycles. The number of hydrogen-bond acceptors (Lipinski definition) is 7. The van der Waals surface area contributed by atoms with Crippen LogP contribution in [0.4, 0.5) is 0 Å². The molecule has 0 radical (unpaired) electrons. The van der Waals surface area contributed by atoms with E-state index in [0.717, 1.165) is 64.2 Å². The van der Waals surface area contributed by atoms with Crippen molar-refractivity contribution in [2.45, 2.75) is 341 Å². The van der Waals surface area contributed by atoms with Crippen LogP contribution in [0.5, 0.6) is 0 Å². The first-order valence-electron chi connectivity index (χ1n) is 35.7. The smallest absolute Gasteiger partial charge is 0.462 e. The number of phosphoric ester groups is 1. The standard InChI is InChI=1S/C74H136NO8P/c1-6-8-10-12-14-16-18-20-22-24-26-28-30-32-34-36-37-39-41-43-45-47-49-51-53-55-57-59-61-63-65-67-74(77)83-72(71-82-84(78,79)81-69-68-75(3,4)5)70-80-73(76)66-64-62-60-58-56-54-52-50-48-46-44-42-40-38-35-33-31-29-27-25-23-21-19-17-15-13-11-9-7-2/h8,10,14,16,19-22,25-28,72H,6-7,9,11-13,15,17-18,23-24,29-71H2,1-5H3/p+1/b10-8-,16-14-,21-19-,22-20-,27-25-,28-26-. The minimum atomic E-state index is -4.39. The van der Waals surface area contributed by atoms with Gasteiger partial charge in [0.15, 0.2) is 6.10 Å². The summed E-state index contributed by atoms with van der Waals surface area (Å²) in [6, 6.07) is 0. The average molecular weight is 1200 g/mol. The van der Waals surface area contributed by atoms with Gasteiger partial charge in [-0.15, -0.1) is 0 Å². The topological polar surface area (TPSA) is 108 Å². The van der Waals surface area contributed by atoms with Crippen LogP contribution < -0.4 is 0 Å². The lowest BCUT2D eigenvalue weighted by Gasteiger charge is -2.24. The molecule has 0 aromatic rings. The Morgan fingerprint density at radius 1 is 0.381 bits per heavy atom. The second-order valence-corrected chi connectivity index (χ2v) is 26.7. The molecule has 0 amide bonds. The fourth-order valence-corrected chi connectivity index (χ4v) is 11.0. The van der Waals surface area contributed by atoms with Gasteiger partial charge in [0.1, 0.15) is 19.8 Å². The third-order valence-electron chi connectivity index (χ3n) is 15.7. The van der Waals surface area contributed by atoms with Gasteiger partial charge in [-0.1, -0.05) is 311 Å². The molecule has 0 saturated carbocycles. The second-order valence-electron chi connectivity index (χ2n) is 25.2. The Morgan fingerprint density at radius 2 is 0.679 bits per heavy atom. The Labute approximate surface area is 520 Å². The van der Waals surface area contributed by atoms with Crippen molar-refractivity contribution in [3.63, 3.8) is 0 Å². The molecule has 0 aliphatic rings. The molecule has 84 heavy (non-hydrogen) atoms. The van der Waals surface area contributed by atoms with Gasteiger partial charge in [0.05, 0.1) is 27.7 Å². The highest BCUT2D eigenvalue weighted by atomic mass is 31.2. The Kier molecular flexibility index (Phi) is 62.9. The van der Waals surface area contributed by atoms with Gasteiger partial charge in [-0.05, 0) is 83.5 Å². The first kappa shape index (κ1) is 81.5. The van der Waals surface area contributed by atoms with Crippen molar-refractivity contribution < 1.29 is 42.1 Å². The molecule has 0 heterocycles. The van der Waals surface area contributed by atoms with Gasteiger partial charge in [-0.2, -0.15) is 0 Å². The normalized spacial score (nSPS) is 13.5. The molecular formula is C74H137NO8P+. The number of allylic oxidation sites excluding steroid dienone is 12. The molecule has 0 aliphatic carbocycles. The Balaban J connectivity index is 4.00. The zero-order valence-electron chi connectivity index (χ0n) is 55.9. The first-order chi connectivity index (χ1) is 41.0. The highest BCUT2D eigenvalue weighted by molar-refractivity contribution is 7.47. The zero-order valence-corrected chi connectivity index (χ0v) is 56.8. The summed E-state index contributed by atoms with van der Waals surface area (Å²) in [6.07, 6.45) is 87.2. The van der Waals surface area contributed by atoms with Gasteiger partial charge < -0.3 is 18.9 Å². The molecule has 10 heteroatoms. The molecule has 0 aliphatic heterocycles. The quantitative estimate of drug-likeness (QED) is 0.0211. The molecule has 1 N–H and O–H groups in total. The number of likely N-dealkylation sites (N-methyl/N-ethyl adjacent to an activating group) is 1. The maximum absolute atomic E-state index is 12.9. The number of carbonyl (C=O) groups is 2. The van der Waals surface area contributed by atoms with Crippen LogP contribution >= 0.6 is 7.82 Å². The maximum atomic E-state index is 12.9. The average Bonchev–Trinajstić information content (AvgIpc) is 3.61. The van der Waals surface area contributed by atoms with Crippen LogP contribution in [0.15, 0.2) is 72.9 Å². The van der Waals surface area contributed by atoms with E-state index in [1.807, 2.05) is 21.1 Å². The van der Waals surface area contributed by atoms with Crippen molar-refractivity contribution >= 4 is 19.8 Å². The second kappa shape index (κ2) is 64.9. The van der Waals surface area contributed by atoms with Crippen LogP contribution in [0.2, 0.25) is 0 Å². The molecule has 2 unspecified atom stereocenters. The number of hydrogen-bond donors (Lipinski definition) is 1. The SMILES string of the molecule is CC/C=C\C/C=C\C/C=C\C/C=C\CCCCCCCCCCCCCCCCCCCCC(=O)OC(COC(=O)CCCCCCCCCCCCCCCCCCC/C=C\C/C=C\CCCCCCC)COP(=O)(O)OCC[N+](C)(C)C. The molecular weight excluding hydrogens is 1060 g/mol. The largest absolute Gasteiger partial charge is 0.472 e. The molecule has 0 bridgehead atoms. The van der Waals surface area contributed by atoms with E-state index in [1.165, 1.54) is 238 Å². The van der Waals surface area contributed by atoms with Crippen LogP contribution in [0.1, 0.15) is 335 Å². The van der Waals surface area contributed by atoms with Crippen LogP contribution in [0.3, 0.4) is 0 Å². The number of phosphoric acid groups is 1. The van der Waals surface area contributed by atoms with Gasteiger partial charge in [0.2, 0.25) is 0 Å². The Morgan fingerprint density at radius 3 is 1.01 bits per heavy atom. The van der Waals surface area contributed by atoms with Crippen molar-refractivity contribution in [2.24, 2.45) is 0 Å². The molecule has 490 valence electrons. The predicted molar refractivity (Wildman–Crippen MR) is 363 cm³/mol. The number of esters is 2. The number of unbranched alkanes of at least 4 members (excludes halogenated alkanes) is 40. The van der Waals surface area contributed by atoms with E-state index in [4.69, 9.17) is 18.5 Å². The third-order valence-corrected chi connectivity index (χ3v) is 16.7. The Hall–Kier alpha value is -2.55. The van der Waals surface area contributed by atoms with E-state index in [9.17, 15) is 19.0 Å². The molecule has 0 fully saturated rings. The Bertz CT molecular complexity index is 1650. The van der Waals surface area contributed by atoms with Gasteiger partial charge in [-0.25, -0.2) is 4.57 Å². The maximum Gasteiger partial charge on any atom is 0.472 e.